The lowest BCUT2D eigenvalue weighted by Crippen LogP contribution is -2.54. The van der Waals surface area contributed by atoms with Gasteiger partial charge in [0, 0.05) is 0 Å². The Morgan fingerprint density at radius 3 is 2.43 bits per heavy atom. The largest absolute Gasteiger partial charge is 0.458 e. The predicted octanol–water partition coefficient (Wildman–Crippen LogP) is 0.363. The number of benzene rings is 1. The lowest BCUT2D eigenvalue weighted by atomic mass is 10.2. The summed E-state index contributed by atoms with van der Waals surface area (Å²) in [6.45, 7) is 1.60. The van der Waals surface area contributed by atoms with Crippen molar-refractivity contribution in [2.75, 3.05) is 0 Å². The summed E-state index contributed by atoms with van der Waals surface area (Å²) in [7, 11) is 0. The molecule has 0 aromatic heterocycles. The fourth-order valence-corrected chi connectivity index (χ4v) is 0.879. The summed E-state index contributed by atoms with van der Waals surface area (Å²) in [4.78, 5) is 11.2. The third-order valence-corrected chi connectivity index (χ3v) is 1.65. The molecule has 0 atom stereocenters. The van der Waals surface area contributed by atoms with Crippen molar-refractivity contribution in [1.82, 2.24) is 0 Å². The lowest BCUT2D eigenvalue weighted by Gasteiger charge is -2.16. The van der Waals surface area contributed by atoms with Crippen molar-refractivity contribution in [3.8, 4) is 0 Å². The summed E-state index contributed by atoms with van der Waals surface area (Å²) in [6.07, 6.45) is 0. The van der Waals surface area contributed by atoms with Gasteiger partial charge >= 0.3 is 5.97 Å². The summed E-state index contributed by atoms with van der Waals surface area (Å²) in [5, 5.41) is 0. The molecule has 76 valence electrons. The van der Waals surface area contributed by atoms with Crippen LogP contribution in [0.5, 0.6) is 0 Å². The molecule has 14 heavy (non-hydrogen) atoms. The van der Waals surface area contributed by atoms with Crippen LogP contribution in [-0.2, 0) is 16.1 Å². The summed E-state index contributed by atoms with van der Waals surface area (Å²) < 4.78 is 4.90. The zero-order valence-corrected chi connectivity index (χ0v) is 8.07. The van der Waals surface area contributed by atoms with Gasteiger partial charge in [-0.1, -0.05) is 30.3 Å². The second-order valence-corrected chi connectivity index (χ2v) is 3.34. The maximum atomic E-state index is 11.2. The smallest absolute Gasteiger partial charge is 0.340 e. The van der Waals surface area contributed by atoms with Crippen LogP contribution in [0.2, 0.25) is 0 Å². The average molecular weight is 194 g/mol. The number of nitrogens with two attached hydrogens (primary N) is 2. The van der Waals surface area contributed by atoms with Crippen LogP contribution in [-0.4, -0.2) is 11.6 Å². The topological polar surface area (TPSA) is 78.3 Å². The minimum Gasteiger partial charge on any atom is -0.458 e. The second-order valence-electron chi connectivity index (χ2n) is 3.34. The Labute approximate surface area is 82.8 Å². The molecule has 0 amide bonds. The van der Waals surface area contributed by atoms with E-state index in [1.165, 1.54) is 6.92 Å². The minimum absolute atomic E-state index is 0.198. The molecule has 0 aliphatic heterocycles. The standard InChI is InChI=1S/C10H14N2O2/c1-10(11,12)9(13)14-7-8-5-3-2-4-6-8/h2-6H,7,11-12H2,1H3. The van der Waals surface area contributed by atoms with E-state index >= 15 is 0 Å². The highest BCUT2D eigenvalue weighted by Gasteiger charge is 2.24. The number of carbonyl (C=O) groups excluding carboxylic acids is 1. The Bertz CT molecular complexity index is 304. The number of hydrogen-bond donors (Lipinski definition) is 2. The third-order valence-electron chi connectivity index (χ3n) is 1.65. The third kappa shape index (κ3) is 3.16. The molecule has 1 aromatic carbocycles. The van der Waals surface area contributed by atoms with Gasteiger partial charge in [0.05, 0.1) is 0 Å². The van der Waals surface area contributed by atoms with Gasteiger partial charge in [0.25, 0.3) is 0 Å². The quantitative estimate of drug-likeness (QED) is 0.538. The van der Waals surface area contributed by atoms with Crippen molar-refractivity contribution in [1.29, 1.82) is 0 Å². The van der Waals surface area contributed by atoms with Crippen LogP contribution < -0.4 is 11.5 Å². The lowest BCUT2D eigenvalue weighted by molar-refractivity contribution is -0.150. The SMILES string of the molecule is CC(N)(N)C(=O)OCc1ccccc1. The molecular weight excluding hydrogens is 180 g/mol. The Morgan fingerprint density at radius 1 is 1.36 bits per heavy atom. The first kappa shape index (κ1) is 10.7. The summed E-state index contributed by atoms with van der Waals surface area (Å²) in [5.74, 6) is -0.610. The molecule has 4 nitrogen and oxygen atoms in total. The van der Waals surface area contributed by atoms with Crippen LogP contribution in [0.25, 0.3) is 0 Å². The van der Waals surface area contributed by atoms with Gasteiger partial charge in [-0.25, -0.2) is 4.79 Å². The van der Waals surface area contributed by atoms with E-state index < -0.39 is 11.6 Å². The molecule has 0 heterocycles. The first-order valence-corrected chi connectivity index (χ1v) is 4.29. The summed E-state index contributed by atoms with van der Waals surface area (Å²) >= 11 is 0. The van der Waals surface area contributed by atoms with E-state index in [1.54, 1.807) is 0 Å². The molecule has 0 aliphatic rings. The molecule has 1 aromatic rings. The van der Waals surface area contributed by atoms with Crippen LogP contribution >= 0.6 is 0 Å². The highest BCUT2D eigenvalue weighted by atomic mass is 16.5. The van der Waals surface area contributed by atoms with Gasteiger partial charge < -0.3 is 16.2 Å². The number of rotatable bonds is 3. The Kier molecular flexibility index (Phi) is 3.22. The van der Waals surface area contributed by atoms with Gasteiger partial charge in [-0.05, 0) is 12.5 Å². The zero-order valence-electron chi connectivity index (χ0n) is 8.07. The van der Waals surface area contributed by atoms with Crippen LogP contribution in [0.4, 0.5) is 0 Å². The normalized spacial score (nSPS) is 11.1. The van der Waals surface area contributed by atoms with Crippen molar-refractivity contribution >= 4 is 5.97 Å². The van der Waals surface area contributed by atoms with Gasteiger partial charge in [-0.3, -0.25) is 0 Å². The molecule has 1 rings (SSSR count). The van der Waals surface area contributed by atoms with E-state index in [-0.39, 0.29) is 6.61 Å². The fraction of sp³-hybridized carbons (Fsp3) is 0.300. The summed E-state index contributed by atoms with van der Waals surface area (Å²) in [6, 6.07) is 9.34. The first-order chi connectivity index (χ1) is 6.50. The highest BCUT2D eigenvalue weighted by molar-refractivity contribution is 5.79. The van der Waals surface area contributed by atoms with Crippen LogP contribution in [0, 0.1) is 0 Å². The van der Waals surface area contributed by atoms with Crippen molar-refractivity contribution in [3.05, 3.63) is 35.9 Å². The Morgan fingerprint density at radius 2 is 1.93 bits per heavy atom. The molecule has 0 fully saturated rings. The van der Waals surface area contributed by atoms with Gasteiger partial charge in [0.15, 0.2) is 5.66 Å². The molecular formula is C10H14N2O2. The second kappa shape index (κ2) is 4.21. The molecule has 4 N–H and O–H groups in total. The van der Waals surface area contributed by atoms with E-state index in [9.17, 15) is 4.79 Å². The molecule has 0 saturated carbocycles. The van der Waals surface area contributed by atoms with Gasteiger partial charge in [0.1, 0.15) is 6.61 Å². The number of esters is 1. The molecule has 0 spiro atoms. The van der Waals surface area contributed by atoms with Crippen molar-refractivity contribution in [3.63, 3.8) is 0 Å². The Hall–Kier alpha value is -1.39. The number of hydrogen-bond acceptors (Lipinski definition) is 4. The molecule has 0 bridgehead atoms. The maximum absolute atomic E-state index is 11.2. The average Bonchev–Trinajstić information content (AvgIpc) is 2.14. The van der Waals surface area contributed by atoms with E-state index in [4.69, 9.17) is 16.2 Å². The highest BCUT2D eigenvalue weighted by Crippen LogP contribution is 2.02. The number of ether oxygens (including phenoxy) is 1. The van der Waals surface area contributed by atoms with Gasteiger partial charge in [-0.15, -0.1) is 0 Å². The first-order valence-electron chi connectivity index (χ1n) is 4.29. The molecule has 0 unspecified atom stereocenters. The molecule has 0 saturated heterocycles. The predicted molar refractivity (Wildman–Crippen MR) is 53.0 cm³/mol. The maximum Gasteiger partial charge on any atom is 0.340 e. The monoisotopic (exact) mass is 194 g/mol. The molecule has 0 aliphatic carbocycles. The molecule has 4 heteroatoms. The van der Waals surface area contributed by atoms with E-state index in [2.05, 4.69) is 0 Å². The zero-order chi connectivity index (χ0) is 10.6. The molecule has 0 radical (unpaired) electrons. The van der Waals surface area contributed by atoms with Crippen molar-refractivity contribution in [2.24, 2.45) is 11.5 Å². The van der Waals surface area contributed by atoms with E-state index in [1.807, 2.05) is 30.3 Å². The van der Waals surface area contributed by atoms with Crippen LogP contribution in [0.15, 0.2) is 30.3 Å². The van der Waals surface area contributed by atoms with E-state index in [0.29, 0.717) is 0 Å². The van der Waals surface area contributed by atoms with Crippen LogP contribution in [0.3, 0.4) is 0 Å². The van der Waals surface area contributed by atoms with Crippen molar-refractivity contribution in [2.45, 2.75) is 19.2 Å². The minimum atomic E-state index is -1.42. The van der Waals surface area contributed by atoms with Crippen LogP contribution in [0.1, 0.15) is 12.5 Å². The number of carbonyl (C=O) groups is 1. The van der Waals surface area contributed by atoms with Gasteiger partial charge in [-0.2, -0.15) is 0 Å². The van der Waals surface area contributed by atoms with E-state index in [0.717, 1.165) is 5.56 Å². The fourth-order valence-electron chi connectivity index (χ4n) is 0.879. The Balaban J connectivity index is 2.46. The van der Waals surface area contributed by atoms with Crippen molar-refractivity contribution < 1.29 is 9.53 Å². The summed E-state index contributed by atoms with van der Waals surface area (Å²) in [5.41, 5.74) is 10.2. The van der Waals surface area contributed by atoms with Gasteiger partial charge in [0.2, 0.25) is 0 Å².